The molecule has 0 saturated carbocycles. The molecule has 1 aromatic heterocycles. The first kappa shape index (κ1) is 12.4. The lowest BCUT2D eigenvalue weighted by Crippen LogP contribution is -2.30. The second-order valence-corrected chi connectivity index (χ2v) is 4.87. The Balaban J connectivity index is 2.39. The molecule has 90 valence electrons. The van der Waals surface area contributed by atoms with Crippen LogP contribution in [-0.2, 0) is 0 Å². The van der Waals surface area contributed by atoms with Crippen molar-refractivity contribution in [2.24, 2.45) is 5.73 Å². The number of hydrogen-bond donors (Lipinski definition) is 1. The molecule has 2 aromatic rings. The zero-order valence-electron chi connectivity index (χ0n) is 9.35. The Morgan fingerprint density at radius 3 is 2.29 bits per heavy atom. The maximum atomic E-state index is 6.01. The van der Waals surface area contributed by atoms with Crippen LogP contribution < -0.4 is 5.73 Å². The molecule has 0 aliphatic carbocycles. The SMILES string of the molecule is CC(N)C(c1ccc(Cl)cc1)n1cc(Cl)cn1. The average molecular weight is 270 g/mol. The number of benzene rings is 1. The quantitative estimate of drug-likeness (QED) is 0.931. The third kappa shape index (κ3) is 2.80. The van der Waals surface area contributed by atoms with Gasteiger partial charge in [0, 0.05) is 17.3 Å². The van der Waals surface area contributed by atoms with E-state index < -0.39 is 0 Å². The Morgan fingerprint density at radius 2 is 1.82 bits per heavy atom. The van der Waals surface area contributed by atoms with Gasteiger partial charge in [-0.3, -0.25) is 4.68 Å². The number of nitrogens with two attached hydrogens (primary N) is 1. The molecule has 2 atom stereocenters. The Labute approximate surface area is 110 Å². The molecular formula is C12H13Cl2N3. The van der Waals surface area contributed by atoms with Crippen LogP contribution in [-0.4, -0.2) is 15.8 Å². The van der Waals surface area contributed by atoms with E-state index in [1.54, 1.807) is 17.1 Å². The van der Waals surface area contributed by atoms with Crippen molar-refractivity contribution in [1.29, 1.82) is 0 Å². The molecule has 0 saturated heterocycles. The van der Waals surface area contributed by atoms with E-state index in [4.69, 9.17) is 28.9 Å². The second kappa shape index (κ2) is 5.08. The fraction of sp³-hybridized carbons (Fsp3) is 0.250. The number of hydrogen-bond acceptors (Lipinski definition) is 2. The van der Waals surface area contributed by atoms with Crippen LogP contribution in [0.2, 0.25) is 10.0 Å². The fourth-order valence-corrected chi connectivity index (χ4v) is 2.09. The molecule has 2 N–H and O–H groups in total. The van der Waals surface area contributed by atoms with E-state index >= 15 is 0 Å². The Hall–Kier alpha value is -1.03. The summed E-state index contributed by atoms with van der Waals surface area (Å²) in [6.07, 6.45) is 3.37. The highest BCUT2D eigenvalue weighted by atomic mass is 35.5. The van der Waals surface area contributed by atoms with E-state index in [9.17, 15) is 0 Å². The third-order valence-corrected chi connectivity index (χ3v) is 3.01. The molecule has 2 rings (SSSR count). The summed E-state index contributed by atoms with van der Waals surface area (Å²) in [4.78, 5) is 0. The van der Waals surface area contributed by atoms with Crippen molar-refractivity contribution >= 4 is 23.2 Å². The van der Waals surface area contributed by atoms with Crippen LogP contribution in [0.15, 0.2) is 36.7 Å². The van der Waals surface area contributed by atoms with E-state index in [1.807, 2.05) is 31.2 Å². The zero-order valence-corrected chi connectivity index (χ0v) is 10.9. The monoisotopic (exact) mass is 269 g/mol. The molecule has 17 heavy (non-hydrogen) atoms. The molecule has 0 amide bonds. The maximum Gasteiger partial charge on any atom is 0.0917 e. The zero-order chi connectivity index (χ0) is 12.4. The van der Waals surface area contributed by atoms with Crippen LogP contribution in [0, 0.1) is 0 Å². The van der Waals surface area contributed by atoms with Gasteiger partial charge in [0.2, 0.25) is 0 Å². The summed E-state index contributed by atoms with van der Waals surface area (Å²) in [5.74, 6) is 0. The normalized spacial score (nSPS) is 14.6. The molecule has 0 aliphatic heterocycles. The Morgan fingerprint density at radius 1 is 1.18 bits per heavy atom. The minimum absolute atomic E-state index is 0.0419. The van der Waals surface area contributed by atoms with Crippen molar-refractivity contribution in [3.8, 4) is 0 Å². The average Bonchev–Trinajstić information content (AvgIpc) is 2.68. The molecular weight excluding hydrogens is 257 g/mol. The van der Waals surface area contributed by atoms with Crippen molar-refractivity contribution in [3.63, 3.8) is 0 Å². The molecule has 3 nitrogen and oxygen atoms in total. The number of rotatable bonds is 3. The molecule has 1 aromatic carbocycles. The van der Waals surface area contributed by atoms with Crippen LogP contribution in [0.3, 0.4) is 0 Å². The van der Waals surface area contributed by atoms with Crippen molar-refractivity contribution in [2.45, 2.75) is 19.0 Å². The van der Waals surface area contributed by atoms with Gasteiger partial charge in [0.1, 0.15) is 0 Å². The lowest BCUT2D eigenvalue weighted by atomic mass is 10.0. The van der Waals surface area contributed by atoms with Crippen LogP contribution in [0.5, 0.6) is 0 Å². The Kier molecular flexibility index (Phi) is 3.72. The highest BCUT2D eigenvalue weighted by Gasteiger charge is 2.19. The van der Waals surface area contributed by atoms with Gasteiger partial charge in [0.25, 0.3) is 0 Å². The van der Waals surface area contributed by atoms with Crippen LogP contribution in [0.1, 0.15) is 18.5 Å². The largest absolute Gasteiger partial charge is 0.326 e. The number of nitrogens with zero attached hydrogens (tertiary/aromatic N) is 2. The van der Waals surface area contributed by atoms with Crippen molar-refractivity contribution in [2.75, 3.05) is 0 Å². The Bertz CT molecular complexity index is 491. The first-order valence-corrected chi connectivity index (χ1v) is 6.04. The molecule has 0 aliphatic rings. The minimum atomic E-state index is -0.0767. The fourth-order valence-electron chi connectivity index (χ4n) is 1.82. The van der Waals surface area contributed by atoms with Gasteiger partial charge in [-0.05, 0) is 24.6 Å². The van der Waals surface area contributed by atoms with Crippen molar-refractivity contribution in [3.05, 3.63) is 52.3 Å². The van der Waals surface area contributed by atoms with Crippen LogP contribution in [0.4, 0.5) is 0 Å². The van der Waals surface area contributed by atoms with E-state index in [2.05, 4.69) is 5.10 Å². The molecule has 1 heterocycles. The van der Waals surface area contributed by atoms with E-state index in [0.29, 0.717) is 10.0 Å². The second-order valence-electron chi connectivity index (χ2n) is 3.99. The van der Waals surface area contributed by atoms with E-state index in [-0.39, 0.29) is 12.1 Å². The summed E-state index contributed by atoms with van der Waals surface area (Å²) >= 11 is 11.7. The third-order valence-electron chi connectivity index (χ3n) is 2.56. The number of aromatic nitrogens is 2. The van der Waals surface area contributed by atoms with Crippen molar-refractivity contribution < 1.29 is 0 Å². The molecule has 0 spiro atoms. The summed E-state index contributed by atoms with van der Waals surface area (Å²) in [6.45, 7) is 1.94. The lowest BCUT2D eigenvalue weighted by molar-refractivity contribution is 0.454. The van der Waals surface area contributed by atoms with Gasteiger partial charge in [0.15, 0.2) is 0 Å². The topological polar surface area (TPSA) is 43.8 Å². The van der Waals surface area contributed by atoms with E-state index in [0.717, 1.165) is 5.56 Å². The smallest absolute Gasteiger partial charge is 0.0917 e. The van der Waals surface area contributed by atoms with Gasteiger partial charge < -0.3 is 5.73 Å². The molecule has 0 fully saturated rings. The summed E-state index contributed by atoms with van der Waals surface area (Å²) in [5, 5.41) is 5.51. The summed E-state index contributed by atoms with van der Waals surface area (Å²) in [5.41, 5.74) is 7.07. The van der Waals surface area contributed by atoms with Gasteiger partial charge in [-0.15, -0.1) is 0 Å². The molecule has 5 heteroatoms. The van der Waals surface area contributed by atoms with Gasteiger partial charge in [-0.1, -0.05) is 35.3 Å². The van der Waals surface area contributed by atoms with Crippen LogP contribution in [0.25, 0.3) is 0 Å². The maximum absolute atomic E-state index is 6.01. The van der Waals surface area contributed by atoms with Gasteiger partial charge >= 0.3 is 0 Å². The van der Waals surface area contributed by atoms with Gasteiger partial charge in [-0.25, -0.2) is 0 Å². The summed E-state index contributed by atoms with van der Waals surface area (Å²) in [7, 11) is 0. The van der Waals surface area contributed by atoms with Crippen molar-refractivity contribution in [1.82, 2.24) is 9.78 Å². The van der Waals surface area contributed by atoms with Gasteiger partial charge in [0.05, 0.1) is 17.3 Å². The predicted octanol–water partition coefficient (Wildman–Crippen LogP) is 3.13. The molecule has 0 bridgehead atoms. The highest BCUT2D eigenvalue weighted by Crippen LogP contribution is 2.23. The minimum Gasteiger partial charge on any atom is -0.326 e. The molecule has 2 unspecified atom stereocenters. The summed E-state index contributed by atoms with van der Waals surface area (Å²) in [6, 6.07) is 7.47. The van der Waals surface area contributed by atoms with Gasteiger partial charge in [-0.2, -0.15) is 5.10 Å². The van der Waals surface area contributed by atoms with E-state index in [1.165, 1.54) is 0 Å². The first-order valence-electron chi connectivity index (χ1n) is 5.28. The predicted molar refractivity (Wildman–Crippen MR) is 70.5 cm³/mol. The lowest BCUT2D eigenvalue weighted by Gasteiger charge is -2.21. The summed E-state index contributed by atoms with van der Waals surface area (Å²) < 4.78 is 1.77. The number of halogens is 2. The first-order chi connectivity index (χ1) is 8.08. The highest BCUT2D eigenvalue weighted by molar-refractivity contribution is 6.30. The van der Waals surface area contributed by atoms with Crippen LogP contribution >= 0.6 is 23.2 Å². The standard InChI is InChI=1S/C12H13Cl2N3/c1-8(15)12(17-7-11(14)6-16-17)9-2-4-10(13)5-3-9/h2-8,12H,15H2,1H3. The molecule has 0 radical (unpaired) electrons.